The number of amides is 1. The van der Waals surface area contributed by atoms with Crippen LogP contribution in [0.25, 0.3) is 11.3 Å². The molecule has 0 saturated carbocycles. The number of H-pyrrole nitrogens is 1. The van der Waals surface area contributed by atoms with E-state index in [0.29, 0.717) is 48.2 Å². The van der Waals surface area contributed by atoms with Gasteiger partial charge in [-0.2, -0.15) is 5.10 Å². The number of unbranched alkanes of at least 4 members (excludes halogenated alkanes) is 3. The van der Waals surface area contributed by atoms with Gasteiger partial charge in [0.05, 0.1) is 25.9 Å². The van der Waals surface area contributed by atoms with Crippen LogP contribution in [-0.4, -0.2) is 59.1 Å². The van der Waals surface area contributed by atoms with Crippen LogP contribution < -0.4 is 9.47 Å². The predicted octanol–water partition coefficient (Wildman–Crippen LogP) is 6.09. The van der Waals surface area contributed by atoms with Gasteiger partial charge in [-0.1, -0.05) is 38.3 Å². The second-order valence-corrected chi connectivity index (χ2v) is 10.7. The summed E-state index contributed by atoms with van der Waals surface area (Å²) < 4.78 is 17.7. The zero-order valence-electron chi connectivity index (χ0n) is 23.4. The van der Waals surface area contributed by atoms with Crippen molar-refractivity contribution in [1.29, 1.82) is 0 Å². The number of fused-ring (bicyclic) bond motifs is 1. The molecule has 8 heteroatoms. The Morgan fingerprint density at radius 3 is 2.72 bits per heavy atom. The number of aromatic nitrogens is 2. The van der Waals surface area contributed by atoms with Crippen molar-refractivity contribution in [3.8, 4) is 28.5 Å². The fraction of sp³-hybridized carbons (Fsp3) is 0.484. The number of carbonyl (C=O) groups excluding carboxylic acids is 1. The molecule has 2 atom stereocenters. The number of phenols is 1. The number of nitrogens with zero attached hydrogens (tertiary/aromatic N) is 2. The number of carbonyl (C=O) groups is 1. The van der Waals surface area contributed by atoms with E-state index in [1.54, 1.807) is 13.2 Å². The highest BCUT2D eigenvalue weighted by molar-refractivity contribution is 6.00. The van der Waals surface area contributed by atoms with E-state index < -0.39 is 6.04 Å². The number of ether oxygens (including phenoxy) is 3. The third-order valence-electron chi connectivity index (χ3n) is 7.74. The molecule has 2 aromatic carbocycles. The Hall–Kier alpha value is -3.52. The van der Waals surface area contributed by atoms with Crippen LogP contribution in [0.1, 0.15) is 84.2 Å². The van der Waals surface area contributed by atoms with Crippen molar-refractivity contribution in [2.45, 2.75) is 71.4 Å². The molecular weight excluding hydrogens is 494 g/mol. The van der Waals surface area contributed by atoms with Crippen molar-refractivity contribution in [3.05, 3.63) is 58.3 Å². The number of benzene rings is 2. The van der Waals surface area contributed by atoms with E-state index in [9.17, 15) is 9.90 Å². The third-order valence-corrected chi connectivity index (χ3v) is 7.74. The van der Waals surface area contributed by atoms with Crippen molar-refractivity contribution in [2.24, 2.45) is 0 Å². The van der Waals surface area contributed by atoms with E-state index in [2.05, 4.69) is 17.1 Å². The summed E-state index contributed by atoms with van der Waals surface area (Å²) in [5.74, 6) is 1.34. The molecule has 1 saturated heterocycles. The summed E-state index contributed by atoms with van der Waals surface area (Å²) in [6.07, 6.45) is 6.40. The van der Waals surface area contributed by atoms with Crippen LogP contribution in [0.4, 0.5) is 0 Å². The number of nitrogens with one attached hydrogen (secondary N) is 1. The van der Waals surface area contributed by atoms with Crippen molar-refractivity contribution in [2.75, 3.05) is 26.9 Å². The Balaban J connectivity index is 1.55. The maximum atomic E-state index is 13.8. The Bertz CT molecular complexity index is 1300. The van der Waals surface area contributed by atoms with E-state index >= 15 is 0 Å². The number of aromatic amines is 1. The Morgan fingerprint density at radius 1 is 1.15 bits per heavy atom. The van der Waals surface area contributed by atoms with Crippen LogP contribution in [0, 0.1) is 13.8 Å². The minimum absolute atomic E-state index is 0.0148. The topological polar surface area (TPSA) is 96.9 Å². The van der Waals surface area contributed by atoms with Crippen molar-refractivity contribution >= 4 is 5.91 Å². The Morgan fingerprint density at radius 2 is 2.00 bits per heavy atom. The highest BCUT2D eigenvalue weighted by Crippen LogP contribution is 2.47. The normalized spacial score (nSPS) is 18.6. The van der Waals surface area contributed by atoms with E-state index in [-0.39, 0.29) is 17.8 Å². The average molecular weight is 534 g/mol. The van der Waals surface area contributed by atoms with E-state index in [4.69, 9.17) is 14.2 Å². The van der Waals surface area contributed by atoms with Crippen LogP contribution in [0.3, 0.4) is 0 Å². The number of hydrogen-bond donors (Lipinski definition) is 2. The number of aromatic hydroxyl groups is 1. The minimum atomic E-state index is -0.418. The second-order valence-electron chi connectivity index (χ2n) is 10.7. The lowest BCUT2D eigenvalue weighted by molar-refractivity contribution is 0.0495. The lowest BCUT2D eigenvalue weighted by atomic mass is 9.93. The zero-order valence-corrected chi connectivity index (χ0v) is 23.4. The predicted molar refractivity (Wildman–Crippen MR) is 150 cm³/mol. The summed E-state index contributed by atoms with van der Waals surface area (Å²) >= 11 is 0. The summed E-state index contributed by atoms with van der Waals surface area (Å²) in [6.45, 7) is 7.91. The molecule has 1 aromatic heterocycles. The Kier molecular flexibility index (Phi) is 8.12. The van der Waals surface area contributed by atoms with Gasteiger partial charge in [-0.3, -0.25) is 9.89 Å². The lowest BCUT2D eigenvalue weighted by Gasteiger charge is -2.29. The highest BCUT2D eigenvalue weighted by atomic mass is 16.5. The van der Waals surface area contributed by atoms with Crippen molar-refractivity contribution in [3.63, 3.8) is 0 Å². The van der Waals surface area contributed by atoms with Crippen LogP contribution in [0.2, 0.25) is 0 Å². The van der Waals surface area contributed by atoms with Gasteiger partial charge in [0.15, 0.2) is 11.5 Å². The summed E-state index contributed by atoms with van der Waals surface area (Å²) in [7, 11) is 1.63. The third kappa shape index (κ3) is 5.35. The largest absolute Gasteiger partial charge is 0.507 e. The van der Waals surface area contributed by atoms with Crippen LogP contribution >= 0.6 is 0 Å². The molecule has 3 heterocycles. The molecule has 2 unspecified atom stereocenters. The molecule has 2 aliphatic rings. The van der Waals surface area contributed by atoms with E-state index in [1.165, 1.54) is 12.8 Å². The quantitative estimate of drug-likeness (QED) is 0.290. The van der Waals surface area contributed by atoms with Gasteiger partial charge in [-0.25, -0.2) is 0 Å². The molecule has 0 aliphatic carbocycles. The number of rotatable bonds is 11. The van der Waals surface area contributed by atoms with Gasteiger partial charge >= 0.3 is 0 Å². The first-order valence-electron chi connectivity index (χ1n) is 14.0. The SMILES string of the molecule is CCCCCCOc1ccc(C2c3c(-c4c(C)cc(C)cc4O)n[nH]c3C(=O)N2CC2CCCO2)cc1OC. The number of aryl methyl sites for hydroxylation is 2. The van der Waals surface area contributed by atoms with Gasteiger partial charge in [0.25, 0.3) is 5.91 Å². The maximum Gasteiger partial charge on any atom is 0.273 e. The first-order chi connectivity index (χ1) is 18.9. The lowest BCUT2D eigenvalue weighted by Crippen LogP contribution is -2.36. The molecule has 2 aliphatic heterocycles. The molecule has 3 aromatic rings. The van der Waals surface area contributed by atoms with Gasteiger partial charge in [0.1, 0.15) is 17.1 Å². The van der Waals surface area contributed by atoms with Crippen molar-refractivity contribution < 1.29 is 24.1 Å². The molecule has 1 amide bonds. The maximum absolute atomic E-state index is 13.8. The van der Waals surface area contributed by atoms with Crippen LogP contribution in [-0.2, 0) is 4.74 Å². The molecule has 5 rings (SSSR count). The molecule has 208 valence electrons. The summed E-state index contributed by atoms with van der Waals surface area (Å²) in [5, 5.41) is 18.5. The first-order valence-corrected chi connectivity index (χ1v) is 14.0. The standard InChI is InChI=1S/C31H39N3O5/c1-5-6-7-8-13-39-24-12-11-21(17-25(24)37-4)30-27-28(26-20(3)15-19(2)16-23(26)35)32-33-29(27)31(36)34(30)18-22-10-9-14-38-22/h11-12,15-17,22,30,35H,5-10,13-14,18H2,1-4H3,(H,32,33). The molecule has 2 N–H and O–H groups in total. The molecule has 0 bridgehead atoms. The van der Waals surface area contributed by atoms with Gasteiger partial charge in [-0.15, -0.1) is 0 Å². The molecule has 0 spiro atoms. The second kappa shape index (κ2) is 11.7. The zero-order chi connectivity index (χ0) is 27.5. The first kappa shape index (κ1) is 27.1. The highest BCUT2D eigenvalue weighted by Gasteiger charge is 2.44. The fourth-order valence-electron chi connectivity index (χ4n) is 5.87. The van der Waals surface area contributed by atoms with E-state index in [0.717, 1.165) is 47.9 Å². The molecular formula is C31H39N3O5. The van der Waals surface area contributed by atoms with Crippen LogP contribution in [0.15, 0.2) is 30.3 Å². The molecule has 0 radical (unpaired) electrons. The van der Waals surface area contributed by atoms with Crippen molar-refractivity contribution in [1.82, 2.24) is 15.1 Å². The Labute approximate surface area is 230 Å². The smallest absolute Gasteiger partial charge is 0.273 e. The minimum Gasteiger partial charge on any atom is -0.507 e. The monoisotopic (exact) mass is 533 g/mol. The van der Waals surface area contributed by atoms with Gasteiger partial charge in [0, 0.05) is 24.3 Å². The number of methoxy groups -OCH3 is 1. The summed E-state index contributed by atoms with van der Waals surface area (Å²) in [6, 6.07) is 9.21. The van der Waals surface area contributed by atoms with E-state index in [1.807, 2.05) is 43.0 Å². The summed E-state index contributed by atoms with van der Waals surface area (Å²) in [4.78, 5) is 15.6. The molecule has 1 fully saturated rings. The van der Waals surface area contributed by atoms with Gasteiger partial charge < -0.3 is 24.2 Å². The number of phenolic OH excluding ortho intramolecular Hbond substituents is 1. The fourth-order valence-corrected chi connectivity index (χ4v) is 5.87. The molecule has 39 heavy (non-hydrogen) atoms. The molecule has 8 nitrogen and oxygen atoms in total. The number of hydrogen-bond acceptors (Lipinski definition) is 6. The van der Waals surface area contributed by atoms with Gasteiger partial charge in [-0.05, 0) is 68.0 Å². The van der Waals surface area contributed by atoms with Gasteiger partial charge in [0.2, 0.25) is 0 Å². The average Bonchev–Trinajstić information content (AvgIpc) is 3.63. The van der Waals surface area contributed by atoms with Crippen LogP contribution in [0.5, 0.6) is 17.2 Å². The summed E-state index contributed by atoms with van der Waals surface area (Å²) in [5.41, 5.74) is 5.18.